The first kappa shape index (κ1) is 23.9. The van der Waals surface area contributed by atoms with E-state index >= 15 is 0 Å². The Bertz CT molecular complexity index is 2380. The Balaban J connectivity index is 1.18. The summed E-state index contributed by atoms with van der Waals surface area (Å²) in [6.07, 6.45) is 0. The minimum absolute atomic E-state index is 0.0740. The molecule has 1 aliphatic carbocycles. The number of fused-ring (bicyclic) bond motifs is 10. The zero-order valence-electron chi connectivity index (χ0n) is 23.6. The van der Waals surface area contributed by atoms with Gasteiger partial charge in [0.2, 0.25) is 0 Å². The standard InChI is InChI=1S/C41H28S/c1-41(2)38-30-12-4-3-9-25(30)17-21-34(38)35-22-19-29-24-27(18-20-31(29)39(35)41)26-10-7-11-28(23-26)32-14-8-15-36-33-13-5-6-16-37(33)42-40(32)36/h3-24H,1-2H3. The fraction of sp³-hybridized carbons (Fsp3) is 0.0732. The lowest BCUT2D eigenvalue weighted by Gasteiger charge is -2.24. The van der Waals surface area contributed by atoms with Gasteiger partial charge in [0.15, 0.2) is 0 Å². The summed E-state index contributed by atoms with van der Waals surface area (Å²) in [5.74, 6) is 0. The molecule has 198 valence electrons. The summed E-state index contributed by atoms with van der Waals surface area (Å²) in [5, 5.41) is 8.02. The first-order valence-corrected chi connectivity index (χ1v) is 15.5. The summed E-state index contributed by atoms with van der Waals surface area (Å²) in [6.45, 7) is 4.80. The second kappa shape index (κ2) is 8.64. The maximum atomic E-state index is 2.40. The third-order valence-corrected chi connectivity index (χ3v) is 10.6. The largest absolute Gasteiger partial charge is 0.135 e. The van der Waals surface area contributed by atoms with E-state index in [1.54, 1.807) is 0 Å². The highest BCUT2D eigenvalue weighted by molar-refractivity contribution is 7.26. The summed E-state index contributed by atoms with van der Waals surface area (Å²) in [4.78, 5) is 0. The summed E-state index contributed by atoms with van der Waals surface area (Å²) >= 11 is 1.89. The van der Waals surface area contributed by atoms with Crippen LogP contribution in [-0.4, -0.2) is 0 Å². The highest BCUT2D eigenvalue weighted by Gasteiger charge is 2.38. The van der Waals surface area contributed by atoms with Crippen molar-refractivity contribution in [2.24, 2.45) is 0 Å². The summed E-state index contributed by atoms with van der Waals surface area (Å²) < 4.78 is 2.70. The number of rotatable bonds is 2. The molecule has 1 heteroatoms. The molecule has 42 heavy (non-hydrogen) atoms. The van der Waals surface area contributed by atoms with Gasteiger partial charge in [-0.3, -0.25) is 0 Å². The average Bonchev–Trinajstić information content (AvgIpc) is 3.53. The molecule has 0 aliphatic heterocycles. The Labute approximate surface area is 249 Å². The van der Waals surface area contributed by atoms with Gasteiger partial charge in [-0.05, 0) is 84.3 Å². The van der Waals surface area contributed by atoms with E-state index in [1.807, 2.05) is 11.3 Å². The topological polar surface area (TPSA) is 0 Å². The minimum atomic E-state index is -0.0740. The molecule has 0 amide bonds. The van der Waals surface area contributed by atoms with Crippen LogP contribution in [0.15, 0.2) is 133 Å². The van der Waals surface area contributed by atoms with Crippen LogP contribution in [0, 0.1) is 0 Å². The molecule has 0 spiro atoms. The third-order valence-electron chi connectivity index (χ3n) is 9.40. The molecule has 0 atom stereocenters. The molecule has 9 rings (SSSR count). The molecule has 0 saturated heterocycles. The van der Waals surface area contributed by atoms with Gasteiger partial charge in [-0.25, -0.2) is 0 Å². The smallest absolute Gasteiger partial charge is 0.0433 e. The lowest BCUT2D eigenvalue weighted by Crippen LogP contribution is -2.16. The van der Waals surface area contributed by atoms with E-state index in [9.17, 15) is 0 Å². The molecule has 0 unspecified atom stereocenters. The lowest BCUT2D eigenvalue weighted by atomic mass is 9.78. The third kappa shape index (κ3) is 3.29. The maximum Gasteiger partial charge on any atom is 0.0433 e. The van der Waals surface area contributed by atoms with Crippen molar-refractivity contribution in [3.63, 3.8) is 0 Å². The fourth-order valence-corrected chi connectivity index (χ4v) is 8.78. The van der Waals surface area contributed by atoms with Gasteiger partial charge in [0.05, 0.1) is 0 Å². The Morgan fingerprint density at radius 3 is 1.93 bits per heavy atom. The highest BCUT2D eigenvalue weighted by atomic mass is 32.1. The van der Waals surface area contributed by atoms with Crippen LogP contribution in [0.4, 0.5) is 0 Å². The van der Waals surface area contributed by atoms with Crippen molar-refractivity contribution in [3.05, 3.63) is 145 Å². The molecule has 1 aromatic heterocycles. The van der Waals surface area contributed by atoms with Gasteiger partial charge in [-0.2, -0.15) is 0 Å². The normalized spacial score (nSPS) is 13.7. The molecular weight excluding hydrogens is 525 g/mol. The van der Waals surface area contributed by atoms with Crippen molar-refractivity contribution < 1.29 is 0 Å². The number of hydrogen-bond donors (Lipinski definition) is 0. The Morgan fingerprint density at radius 1 is 0.429 bits per heavy atom. The van der Waals surface area contributed by atoms with Crippen molar-refractivity contribution in [2.45, 2.75) is 19.3 Å². The van der Waals surface area contributed by atoms with Crippen LogP contribution in [0.3, 0.4) is 0 Å². The summed E-state index contributed by atoms with van der Waals surface area (Å²) in [5.41, 5.74) is 10.7. The molecule has 7 aromatic carbocycles. The van der Waals surface area contributed by atoms with Crippen LogP contribution >= 0.6 is 11.3 Å². The first-order valence-electron chi connectivity index (χ1n) is 14.7. The molecule has 1 heterocycles. The van der Waals surface area contributed by atoms with E-state index in [2.05, 4.69) is 147 Å². The number of benzene rings is 7. The van der Waals surface area contributed by atoms with Gasteiger partial charge in [0.1, 0.15) is 0 Å². The highest BCUT2D eigenvalue weighted by Crippen LogP contribution is 2.53. The van der Waals surface area contributed by atoms with E-state index < -0.39 is 0 Å². The second-order valence-corrected chi connectivity index (χ2v) is 13.2. The molecule has 0 fully saturated rings. The fourth-order valence-electron chi connectivity index (χ4n) is 7.54. The summed E-state index contributed by atoms with van der Waals surface area (Å²) in [6, 6.07) is 49.7. The van der Waals surface area contributed by atoms with Gasteiger partial charge in [-0.15, -0.1) is 11.3 Å². The Kier molecular flexibility index (Phi) is 4.93. The molecular formula is C41H28S. The molecule has 0 radical (unpaired) electrons. The van der Waals surface area contributed by atoms with E-state index in [-0.39, 0.29) is 5.41 Å². The van der Waals surface area contributed by atoms with Crippen molar-refractivity contribution >= 4 is 53.1 Å². The van der Waals surface area contributed by atoms with Crippen LogP contribution in [0.5, 0.6) is 0 Å². The van der Waals surface area contributed by atoms with E-state index in [4.69, 9.17) is 0 Å². The zero-order chi connectivity index (χ0) is 28.0. The Morgan fingerprint density at radius 2 is 1.07 bits per heavy atom. The number of thiophene rings is 1. The van der Waals surface area contributed by atoms with Crippen LogP contribution in [0.25, 0.3) is 75.1 Å². The van der Waals surface area contributed by atoms with Crippen LogP contribution < -0.4 is 0 Å². The van der Waals surface area contributed by atoms with Gasteiger partial charge < -0.3 is 0 Å². The average molecular weight is 553 g/mol. The van der Waals surface area contributed by atoms with Gasteiger partial charge in [0.25, 0.3) is 0 Å². The first-order chi connectivity index (χ1) is 20.6. The van der Waals surface area contributed by atoms with Gasteiger partial charge in [-0.1, -0.05) is 129 Å². The van der Waals surface area contributed by atoms with Crippen LogP contribution in [-0.2, 0) is 5.41 Å². The van der Waals surface area contributed by atoms with Crippen molar-refractivity contribution in [1.29, 1.82) is 0 Å². The molecule has 1 aliphatic rings. The number of hydrogen-bond acceptors (Lipinski definition) is 1. The Hall–Kier alpha value is -4.72. The van der Waals surface area contributed by atoms with Crippen LogP contribution in [0.2, 0.25) is 0 Å². The molecule has 0 N–H and O–H groups in total. The molecule has 8 aromatic rings. The van der Waals surface area contributed by atoms with Gasteiger partial charge in [0, 0.05) is 25.6 Å². The summed E-state index contributed by atoms with van der Waals surface area (Å²) in [7, 11) is 0. The maximum absolute atomic E-state index is 2.40. The van der Waals surface area contributed by atoms with E-state index in [0.717, 1.165) is 0 Å². The lowest BCUT2D eigenvalue weighted by molar-refractivity contribution is 0.672. The van der Waals surface area contributed by atoms with E-state index in [0.29, 0.717) is 0 Å². The van der Waals surface area contributed by atoms with Crippen LogP contribution in [0.1, 0.15) is 25.0 Å². The van der Waals surface area contributed by atoms with Crippen molar-refractivity contribution in [2.75, 3.05) is 0 Å². The predicted molar refractivity (Wildman–Crippen MR) is 183 cm³/mol. The van der Waals surface area contributed by atoms with Crippen molar-refractivity contribution in [3.8, 4) is 33.4 Å². The molecule has 0 bridgehead atoms. The quantitative estimate of drug-likeness (QED) is 0.200. The zero-order valence-corrected chi connectivity index (χ0v) is 24.4. The molecule has 0 nitrogen and oxygen atoms in total. The molecule has 0 saturated carbocycles. The monoisotopic (exact) mass is 552 g/mol. The second-order valence-electron chi connectivity index (χ2n) is 12.1. The van der Waals surface area contributed by atoms with E-state index in [1.165, 1.54) is 86.2 Å². The van der Waals surface area contributed by atoms with Crippen molar-refractivity contribution in [1.82, 2.24) is 0 Å². The SMILES string of the molecule is CC1(C)c2c(ccc3ccccc23)-c2ccc3cc(-c4cccc(-c5cccc6c5sc5ccccc56)c4)ccc3c21. The van der Waals surface area contributed by atoms with Gasteiger partial charge >= 0.3 is 0 Å². The minimum Gasteiger partial charge on any atom is -0.135 e. The predicted octanol–water partition coefficient (Wildman–Crippen LogP) is 12.0.